The average molecular weight is 259 g/mol. The van der Waals surface area contributed by atoms with Crippen molar-refractivity contribution >= 4 is 11.7 Å². The van der Waals surface area contributed by atoms with Crippen LogP contribution in [0.3, 0.4) is 0 Å². The highest BCUT2D eigenvalue weighted by Gasteiger charge is 2.17. The average Bonchev–Trinajstić information content (AvgIpc) is 2.46. The Bertz CT molecular complexity index is 444. The number of likely N-dealkylation sites (tertiary alicyclic amines) is 1. The molecule has 102 valence electrons. The minimum absolute atomic E-state index is 0.0605. The molecule has 19 heavy (non-hydrogen) atoms. The SMILES string of the molecule is Cc1ccc(C(=O)CCC(=O)N2CCCCC2)cc1. The van der Waals surface area contributed by atoms with Crippen molar-refractivity contribution in [1.29, 1.82) is 0 Å². The van der Waals surface area contributed by atoms with E-state index in [0.717, 1.165) is 31.5 Å². The van der Waals surface area contributed by atoms with Crippen LogP contribution in [0.5, 0.6) is 0 Å². The van der Waals surface area contributed by atoms with Gasteiger partial charge in [-0.15, -0.1) is 0 Å². The number of Topliss-reactive ketones (excluding diaryl/α,β-unsaturated/α-hetero) is 1. The number of amides is 1. The predicted molar refractivity (Wildman–Crippen MR) is 75.2 cm³/mol. The number of benzene rings is 1. The van der Waals surface area contributed by atoms with Crippen molar-refractivity contribution in [3.63, 3.8) is 0 Å². The summed E-state index contributed by atoms with van der Waals surface area (Å²) < 4.78 is 0. The third kappa shape index (κ3) is 3.91. The van der Waals surface area contributed by atoms with Gasteiger partial charge < -0.3 is 4.90 Å². The van der Waals surface area contributed by atoms with Crippen LogP contribution in [0.15, 0.2) is 24.3 Å². The minimum Gasteiger partial charge on any atom is -0.343 e. The van der Waals surface area contributed by atoms with E-state index in [1.807, 2.05) is 36.1 Å². The number of nitrogens with zero attached hydrogens (tertiary/aromatic N) is 1. The summed E-state index contributed by atoms with van der Waals surface area (Å²) in [6, 6.07) is 7.53. The third-order valence-corrected chi connectivity index (χ3v) is 3.65. The summed E-state index contributed by atoms with van der Waals surface area (Å²) >= 11 is 0. The smallest absolute Gasteiger partial charge is 0.223 e. The first-order chi connectivity index (χ1) is 9.16. The normalized spacial score (nSPS) is 15.3. The van der Waals surface area contributed by atoms with Gasteiger partial charge in [0.25, 0.3) is 0 Å². The van der Waals surface area contributed by atoms with E-state index in [-0.39, 0.29) is 11.7 Å². The van der Waals surface area contributed by atoms with Crippen molar-refractivity contribution < 1.29 is 9.59 Å². The second-order valence-corrected chi connectivity index (χ2v) is 5.23. The molecule has 0 saturated carbocycles. The molecule has 0 spiro atoms. The summed E-state index contributed by atoms with van der Waals surface area (Å²) in [4.78, 5) is 25.8. The number of ketones is 1. The molecule has 2 rings (SSSR count). The van der Waals surface area contributed by atoms with Gasteiger partial charge in [-0.2, -0.15) is 0 Å². The number of hydrogen-bond donors (Lipinski definition) is 0. The molecule has 1 aromatic carbocycles. The summed E-state index contributed by atoms with van der Waals surface area (Å²) in [6.45, 7) is 3.71. The molecule has 1 aliphatic heterocycles. The van der Waals surface area contributed by atoms with Gasteiger partial charge in [-0.05, 0) is 26.2 Å². The zero-order chi connectivity index (χ0) is 13.7. The van der Waals surface area contributed by atoms with Gasteiger partial charge in [-0.25, -0.2) is 0 Å². The number of piperidine rings is 1. The minimum atomic E-state index is 0.0605. The summed E-state index contributed by atoms with van der Waals surface area (Å²) in [5.41, 5.74) is 1.85. The Balaban J connectivity index is 1.82. The first-order valence-corrected chi connectivity index (χ1v) is 7.04. The van der Waals surface area contributed by atoms with Gasteiger partial charge in [0.05, 0.1) is 0 Å². The van der Waals surface area contributed by atoms with E-state index in [1.165, 1.54) is 6.42 Å². The number of aryl methyl sites for hydroxylation is 1. The Morgan fingerprint density at radius 1 is 1.00 bits per heavy atom. The van der Waals surface area contributed by atoms with Crippen LogP contribution in [0.4, 0.5) is 0 Å². The molecule has 0 aromatic heterocycles. The van der Waals surface area contributed by atoms with Crippen LogP contribution >= 0.6 is 0 Å². The largest absolute Gasteiger partial charge is 0.343 e. The van der Waals surface area contributed by atoms with Gasteiger partial charge >= 0.3 is 0 Å². The lowest BCUT2D eigenvalue weighted by atomic mass is 10.0. The molecular weight excluding hydrogens is 238 g/mol. The van der Waals surface area contributed by atoms with E-state index in [4.69, 9.17) is 0 Å². The number of carbonyl (C=O) groups is 2. The predicted octanol–water partition coefficient (Wildman–Crippen LogP) is 2.97. The fourth-order valence-corrected chi connectivity index (χ4v) is 2.41. The van der Waals surface area contributed by atoms with Crippen molar-refractivity contribution in [2.24, 2.45) is 0 Å². The Hall–Kier alpha value is -1.64. The molecule has 0 N–H and O–H groups in total. The highest BCUT2D eigenvalue weighted by molar-refractivity contribution is 5.97. The summed E-state index contributed by atoms with van der Waals surface area (Å²) in [5.74, 6) is 0.186. The zero-order valence-corrected chi connectivity index (χ0v) is 11.5. The van der Waals surface area contributed by atoms with E-state index in [0.29, 0.717) is 18.4 Å². The lowest BCUT2D eigenvalue weighted by molar-refractivity contribution is -0.132. The Morgan fingerprint density at radius 3 is 2.26 bits per heavy atom. The van der Waals surface area contributed by atoms with Crippen molar-refractivity contribution in [2.45, 2.75) is 39.0 Å². The number of hydrogen-bond acceptors (Lipinski definition) is 2. The molecule has 1 fully saturated rings. The molecule has 1 heterocycles. The second kappa shape index (κ2) is 6.50. The summed E-state index contributed by atoms with van der Waals surface area (Å²) in [7, 11) is 0. The second-order valence-electron chi connectivity index (χ2n) is 5.23. The van der Waals surface area contributed by atoms with Gasteiger partial charge in [-0.1, -0.05) is 29.8 Å². The van der Waals surface area contributed by atoms with Gasteiger partial charge in [-0.3, -0.25) is 9.59 Å². The Labute approximate surface area is 114 Å². The molecule has 0 aliphatic carbocycles. The molecule has 0 radical (unpaired) electrons. The van der Waals surface area contributed by atoms with Crippen molar-refractivity contribution in [3.05, 3.63) is 35.4 Å². The van der Waals surface area contributed by atoms with Crippen LogP contribution < -0.4 is 0 Å². The standard InChI is InChI=1S/C16H21NO2/c1-13-5-7-14(8-6-13)15(18)9-10-16(19)17-11-3-2-4-12-17/h5-8H,2-4,9-12H2,1H3. The Kier molecular flexibility index (Phi) is 4.72. The first kappa shape index (κ1) is 13.8. The fraction of sp³-hybridized carbons (Fsp3) is 0.500. The van der Waals surface area contributed by atoms with Gasteiger partial charge in [0.2, 0.25) is 5.91 Å². The highest BCUT2D eigenvalue weighted by atomic mass is 16.2. The van der Waals surface area contributed by atoms with Crippen molar-refractivity contribution in [1.82, 2.24) is 4.90 Å². The van der Waals surface area contributed by atoms with Crippen LogP contribution in [0.2, 0.25) is 0 Å². The molecule has 0 bridgehead atoms. The van der Waals surface area contributed by atoms with Gasteiger partial charge in [0.15, 0.2) is 5.78 Å². The first-order valence-electron chi connectivity index (χ1n) is 7.04. The lowest BCUT2D eigenvalue weighted by Gasteiger charge is -2.26. The van der Waals surface area contributed by atoms with Gasteiger partial charge in [0.1, 0.15) is 0 Å². The number of carbonyl (C=O) groups excluding carboxylic acids is 2. The van der Waals surface area contributed by atoms with E-state index in [2.05, 4.69) is 0 Å². The molecule has 3 heteroatoms. The molecule has 0 unspecified atom stereocenters. The van der Waals surface area contributed by atoms with Crippen molar-refractivity contribution in [3.8, 4) is 0 Å². The topological polar surface area (TPSA) is 37.4 Å². The monoisotopic (exact) mass is 259 g/mol. The maximum absolute atomic E-state index is 12.0. The maximum atomic E-state index is 12.0. The van der Waals surface area contributed by atoms with E-state index >= 15 is 0 Å². The molecule has 3 nitrogen and oxygen atoms in total. The van der Waals surface area contributed by atoms with Crippen LogP contribution in [0, 0.1) is 6.92 Å². The van der Waals surface area contributed by atoms with E-state index in [1.54, 1.807) is 0 Å². The lowest BCUT2D eigenvalue weighted by Crippen LogP contribution is -2.35. The number of rotatable bonds is 4. The summed E-state index contributed by atoms with van der Waals surface area (Å²) in [5, 5.41) is 0. The Morgan fingerprint density at radius 2 is 1.63 bits per heavy atom. The van der Waals surface area contributed by atoms with Gasteiger partial charge in [0, 0.05) is 31.5 Å². The molecule has 1 amide bonds. The van der Waals surface area contributed by atoms with Crippen LogP contribution in [-0.4, -0.2) is 29.7 Å². The van der Waals surface area contributed by atoms with Crippen LogP contribution in [0.1, 0.15) is 48.0 Å². The molecule has 1 aromatic rings. The summed E-state index contributed by atoms with van der Waals surface area (Å²) in [6.07, 6.45) is 4.06. The maximum Gasteiger partial charge on any atom is 0.223 e. The third-order valence-electron chi connectivity index (χ3n) is 3.65. The quantitative estimate of drug-likeness (QED) is 0.780. The molecule has 1 aliphatic rings. The van der Waals surface area contributed by atoms with Crippen molar-refractivity contribution in [2.75, 3.05) is 13.1 Å². The molecule has 1 saturated heterocycles. The van der Waals surface area contributed by atoms with Crippen LogP contribution in [-0.2, 0) is 4.79 Å². The van der Waals surface area contributed by atoms with E-state index < -0.39 is 0 Å². The fourth-order valence-electron chi connectivity index (χ4n) is 2.41. The van der Waals surface area contributed by atoms with E-state index in [9.17, 15) is 9.59 Å². The highest BCUT2D eigenvalue weighted by Crippen LogP contribution is 2.12. The van der Waals surface area contributed by atoms with Crippen LogP contribution in [0.25, 0.3) is 0 Å². The zero-order valence-electron chi connectivity index (χ0n) is 11.5. The molecular formula is C16H21NO2. The molecule has 0 atom stereocenters.